The van der Waals surface area contributed by atoms with Gasteiger partial charge in [0, 0.05) is 6.04 Å². The average Bonchev–Trinajstić information content (AvgIpc) is 2.57. The van der Waals surface area contributed by atoms with E-state index in [4.69, 9.17) is 0 Å². The molecule has 0 unspecified atom stereocenters. The average molecular weight is 255 g/mol. The lowest BCUT2D eigenvalue weighted by atomic mass is 10.1. The van der Waals surface area contributed by atoms with Crippen LogP contribution in [0.5, 0.6) is 0 Å². The molecule has 1 aromatic heterocycles. The largest absolute Gasteiger partial charge is 0.354 e. The second-order valence-electron chi connectivity index (χ2n) is 4.35. The first-order valence-corrected chi connectivity index (χ1v) is 7.21. The number of H-pyrrole nitrogens is 1. The molecule has 1 aliphatic carbocycles. The smallest absolute Gasteiger partial charge is 0.286 e. The van der Waals surface area contributed by atoms with Crippen molar-refractivity contribution in [2.24, 2.45) is 0 Å². The van der Waals surface area contributed by atoms with Crippen molar-refractivity contribution in [1.82, 2.24) is 14.5 Å². The molecule has 2 rings (SSSR count). The summed E-state index contributed by atoms with van der Waals surface area (Å²) in [7, 11) is 0. The summed E-state index contributed by atoms with van der Waals surface area (Å²) in [5, 5.41) is 0.393. The monoisotopic (exact) mass is 255 g/mol. The third kappa shape index (κ3) is 2.80. The van der Waals surface area contributed by atoms with E-state index in [1.165, 1.54) is 29.2 Å². The number of thioether (sulfide) groups is 1. The van der Waals surface area contributed by atoms with E-state index >= 15 is 0 Å². The first-order valence-electron chi connectivity index (χ1n) is 5.99. The fourth-order valence-corrected chi connectivity index (χ4v) is 2.70. The normalized spacial score (nSPS) is 17.9. The highest BCUT2D eigenvalue weighted by molar-refractivity contribution is 7.98. The maximum absolute atomic E-state index is 11.9. The highest BCUT2D eigenvalue weighted by Crippen LogP contribution is 2.24. The van der Waals surface area contributed by atoms with Gasteiger partial charge in [0.15, 0.2) is 5.16 Å². The molecule has 1 fully saturated rings. The van der Waals surface area contributed by atoms with Gasteiger partial charge in [-0.15, -0.1) is 0 Å². The van der Waals surface area contributed by atoms with Crippen molar-refractivity contribution >= 4 is 11.8 Å². The minimum absolute atomic E-state index is 0.0251. The number of aromatic nitrogens is 3. The molecule has 5 nitrogen and oxygen atoms in total. The van der Waals surface area contributed by atoms with Gasteiger partial charge in [-0.2, -0.15) is 4.98 Å². The van der Waals surface area contributed by atoms with E-state index in [0.717, 1.165) is 25.7 Å². The topological polar surface area (TPSA) is 67.8 Å². The maximum atomic E-state index is 11.9. The molecular formula is C11H17N3O2S. The maximum Gasteiger partial charge on any atom is 0.354 e. The van der Waals surface area contributed by atoms with Crippen LogP contribution in [0.1, 0.15) is 44.6 Å². The third-order valence-electron chi connectivity index (χ3n) is 3.22. The molecule has 1 aliphatic rings. The Morgan fingerprint density at radius 1 is 1.24 bits per heavy atom. The fourth-order valence-electron chi connectivity index (χ4n) is 2.34. The molecule has 94 valence electrons. The second-order valence-corrected chi connectivity index (χ2v) is 5.14. The molecule has 0 atom stereocenters. The minimum Gasteiger partial charge on any atom is -0.286 e. The van der Waals surface area contributed by atoms with Crippen LogP contribution in [0, 0.1) is 0 Å². The number of rotatable bonds is 2. The van der Waals surface area contributed by atoms with E-state index < -0.39 is 5.69 Å². The van der Waals surface area contributed by atoms with Crippen LogP contribution in [0.2, 0.25) is 0 Å². The van der Waals surface area contributed by atoms with Gasteiger partial charge in [-0.3, -0.25) is 4.98 Å². The van der Waals surface area contributed by atoms with E-state index in [2.05, 4.69) is 9.97 Å². The summed E-state index contributed by atoms with van der Waals surface area (Å²) in [5.41, 5.74) is -0.730. The van der Waals surface area contributed by atoms with Gasteiger partial charge in [-0.25, -0.2) is 14.2 Å². The zero-order valence-electron chi connectivity index (χ0n) is 9.94. The van der Waals surface area contributed by atoms with Crippen LogP contribution in [0.4, 0.5) is 0 Å². The van der Waals surface area contributed by atoms with Gasteiger partial charge >= 0.3 is 11.4 Å². The van der Waals surface area contributed by atoms with E-state index in [9.17, 15) is 9.59 Å². The van der Waals surface area contributed by atoms with Gasteiger partial charge in [-0.1, -0.05) is 37.4 Å². The Hall–Kier alpha value is -1.04. The van der Waals surface area contributed by atoms with Crippen molar-refractivity contribution in [2.45, 2.75) is 49.7 Å². The van der Waals surface area contributed by atoms with Gasteiger partial charge < -0.3 is 0 Å². The molecule has 0 amide bonds. The molecule has 6 heteroatoms. The number of aromatic amines is 1. The zero-order valence-corrected chi connectivity index (χ0v) is 10.8. The van der Waals surface area contributed by atoms with Gasteiger partial charge in [0.1, 0.15) is 0 Å². The number of nitrogens with zero attached hydrogens (tertiary/aromatic N) is 2. The molecule has 0 aromatic carbocycles. The molecule has 1 N–H and O–H groups in total. The molecule has 1 heterocycles. The van der Waals surface area contributed by atoms with Crippen molar-refractivity contribution in [2.75, 3.05) is 6.26 Å². The van der Waals surface area contributed by atoms with Crippen LogP contribution in [-0.4, -0.2) is 20.8 Å². The molecular weight excluding hydrogens is 238 g/mol. The second kappa shape index (κ2) is 5.53. The summed E-state index contributed by atoms with van der Waals surface area (Å²) in [6, 6.07) is 0.0251. The fraction of sp³-hybridized carbons (Fsp3) is 0.727. The lowest BCUT2D eigenvalue weighted by molar-refractivity contribution is 0.401. The standard InChI is InChI=1S/C11H17N3O2S/c1-17-9-12-10(15)14(11(16)13-9)8-6-4-2-3-5-7-8/h8H,2-7H2,1H3,(H,12,13,15,16). The number of hydrogen-bond donors (Lipinski definition) is 1. The minimum atomic E-state index is -0.412. The lowest BCUT2D eigenvalue weighted by Crippen LogP contribution is -2.40. The number of hydrogen-bond acceptors (Lipinski definition) is 4. The quantitative estimate of drug-likeness (QED) is 0.643. The van der Waals surface area contributed by atoms with Gasteiger partial charge in [0.05, 0.1) is 0 Å². The molecule has 0 spiro atoms. The SMILES string of the molecule is CSc1nc(=O)n(C2CCCCCC2)c(=O)[nH]1. The van der Waals surface area contributed by atoms with Crippen LogP contribution in [0.3, 0.4) is 0 Å². The Labute approximate surface area is 104 Å². The van der Waals surface area contributed by atoms with Crippen molar-refractivity contribution < 1.29 is 0 Å². The van der Waals surface area contributed by atoms with Crippen LogP contribution in [0.15, 0.2) is 14.7 Å². The molecule has 1 aromatic rings. The van der Waals surface area contributed by atoms with Gasteiger partial charge in [0.25, 0.3) is 0 Å². The molecule has 1 saturated carbocycles. The van der Waals surface area contributed by atoms with Crippen molar-refractivity contribution in [1.29, 1.82) is 0 Å². The third-order valence-corrected chi connectivity index (χ3v) is 3.80. The highest BCUT2D eigenvalue weighted by Gasteiger charge is 2.18. The summed E-state index contributed by atoms with van der Waals surface area (Å²) < 4.78 is 1.30. The van der Waals surface area contributed by atoms with Crippen molar-refractivity contribution in [3.63, 3.8) is 0 Å². The van der Waals surface area contributed by atoms with Gasteiger partial charge in [-0.05, 0) is 19.1 Å². The molecule has 0 radical (unpaired) electrons. The summed E-state index contributed by atoms with van der Waals surface area (Å²) >= 11 is 1.28. The first-order chi connectivity index (χ1) is 8.22. The van der Waals surface area contributed by atoms with E-state index in [1.807, 2.05) is 0 Å². The Morgan fingerprint density at radius 2 is 1.88 bits per heavy atom. The Balaban J connectivity index is 2.37. The van der Waals surface area contributed by atoms with Crippen LogP contribution >= 0.6 is 11.8 Å². The highest BCUT2D eigenvalue weighted by atomic mass is 32.2. The van der Waals surface area contributed by atoms with Gasteiger partial charge in [0.2, 0.25) is 0 Å². The molecule has 0 saturated heterocycles. The Bertz CT molecular complexity index is 455. The predicted octanol–water partition coefficient (Wildman–Crippen LogP) is 1.55. The summed E-state index contributed by atoms with van der Waals surface area (Å²) in [5.74, 6) is 0. The Kier molecular flexibility index (Phi) is 4.04. The van der Waals surface area contributed by atoms with Crippen molar-refractivity contribution in [3.8, 4) is 0 Å². The van der Waals surface area contributed by atoms with E-state index in [0.29, 0.717) is 5.16 Å². The summed E-state index contributed by atoms with van der Waals surface area (Å²) in [6.07, 6.45) is 8.15. The summed E-state index contributed by atoms with van der Waals surface area (Å²) in [4.78, 5) is 30.3. The van der Waals surface area contributed by atoms with Crippen molar-refractivity contribution in [3.05, 3.63) is 21.0 Å². The van der Waals surface area contributed by atoms with E-state index in [-0.39, 0.29) is 11.7 Å². The van der Waals surface area contributed by atoms with Crippen LogP contribution in [-0.2, 0) is 0 Å². The molecule has 0 bridgehead atoms. The number of nitrogens with one attached hydrogen (secondary N) is 1. The van der Waals surface area contributed by atoms with Crippen LogP contribution in [0.25, 0.3) is 0 Å². The lowest BCUT2D eigenvalue weighted by Gasteiger charge is -2.15. The Morgan fingerprint density at radius 3 is 2.41 bits per heavy atom. The summed E-state index contributed by atoms with van der Waals surface area (Å²) in [6.45, 7) is 0. The van der Waals surface area contributed by atoms with E-state index in [1.54, 1.807) is 6.26 Å². The van der Waals surface area contributed by atoms with Crippen LogP contribution < -0.4 is 11.4 Å². The molecule has 0 aliphatic heterocycles. The first kappa shape index (κ1) is 12.4. The molecule has 17 heavy (non-hydrogen) atoms. The zero-order chi connectivity index (χ0) is 12.3. The predicted molar refractivity (Wildman–Crippen MR) is 67.6 cm³/mol.